The number of ether oxygens (including phenoxy) is 1. The third-order valence-corrected chi connectivity index (χ3v) is 7.12. The van der Waals surface area contributed by atoms with E-state index in [2.05, 4.69) is 24.5 Å². The molecule has 2 unspecified atom stereocenters. The molecule has 1 aromatic heterocycles. The van der Waals surface area contributed by atoms with Crippen molar-refractivity contribution in [1.82, 2.24) is 14.9 Å². The molecule has 1 N–H and O–H groups in total. The van der Waals surface area contributed by atoms with Gasteiger partial charge in [0.1, 0.15) is 11.6 Å². The Hall–Kier alpha value is -3.61. The molecule has 1 aliphatic carbocycles. The van der Waals surface area contributed by atoms with Crippen LogP contribution in [0.15, 0.2) is 49.1 Å². The van der Waals surface area contributed by atoms with Crippen LogP contribution in [0.4, 0.5) is 5.82 Å². The lowest BCUT2D eigenvalue weighted by Gasteiger charge is -2.41. The van der Waals surface area contributed by atoms with E-state index in [9.17, 15) is 9.90 Å². The van der Waals surface area contributed by atoms with Crippen LogP contribution in [0.25, 0.3) is 10.8 Å². The van der Waals surface area contributed by atoms with Crippen LogP contribution in [0, 0.1) is 0 Å². The molecule has 1 aliphatic heterocycles. The molecule has 1 amide bonds. The average Bonchev–Trinajstić information content (AvgIpc) is 2.86. The van der Waals surface area contributed by atoms with Crippen molar-refractivity contribution in [3.8, 4) is 11.8 Å². The molecular weight excluding hydrogens is 428 g/mol. The molecule has 2 aliphatic rings. The second-order valence-corrected chi connectivity index (χ2v) is 9.19. The van der Waals surface area contributed by atoms with Crippen LogP contribution in [0.5, 0.6) is 11.8 Å². The number of benzene rings is 2. The van der Waals surface area contributed by atoms with Crippen molar-refractivity contribution in [2.75, 3.05) is 31.6 Å². The van der Waals surface area contributed by atoms with Crippen LogP contribution >= 0.6 is 0 Å². The van der Waals surface area contributed by atoms with E-state index in [0.717, 1.165) is 47.3 Å². The summed E-state index contributed by atoms with van der Waals surface area (Å²) in [5.41, 5.74) is 3.32. The third kappa shape index (κ3) is 3.95. The first-order chi connectivity index (χ1) is 16.5. The van der Waals surface area contributed by atoms with Crippen molar-refractivity contribution in [1.29, 1.82) is 0 Å². The molecule has 3 aromatic rings. The van der Waals surface area contributed by atoms with E-state index in [1.807, 2.05) is 35.2 Å². The zero-order valence-electron chi connectivity index (χ0n) is 19.7. The number of phenols is 1. The van der Waals surface area contributed by atoms with Gasteiger partial charge in [0.05, 0.1) is 12.8 Å². The maximum Gasteiger partial charge on any atom is 0.318 e. The van der Waals surface area contributed by atoms with Crippen LogP contribution in [0.1, 0.15) is 36.1 Å². The summed E-state index contributed by atoms with van der Waals surface area (Å²) in [6, 6.07) is 12.4. The average molecular weight is 459 g/mol. The zero-order valence-corrected chi connectivity index (χ0v) is 19.7. The van der Waals surface area contributed by atoms with Crippen molar-refractivity contribution in [2.24, 2.45) is 0 Å². The van der Waals surface area contributed by atoms with E-state index in [4.69, 9.17) is 14.7 Å². The standard InChI is InChI=1S/C27H30N4O3/c1-4-25(33)30-11-12-31(17(2)16-30)26-22-10-9-19(14-24(22)28-27(29-26)34-3)23-15-20(32)13-18-7-5-6-8-21(18)23/h4-8,13,15,17,19,32H,1,9-12,14,16H2,2-3H3. The molecule has 2 atom stereocenters. The predicted octanol–water partition coefficient (Wildman–Crippen LogP) is 3.84. The molecule has 7 nitrogen and oxygen atoms in total. The minimum Gasteiger partial charge on any atom is -0.508 e. The summed E-state index contributed by atoms with van der Waals surface area (Å²) >= 11 is 0. The van der Waals surface area contributed by atoms with Gasteiger partial charge in [-0.15, -0.1) is 0 Å². The normalized spacial score (nSPS) is 20.2. The van der Waals surface area contributed by atoms with Crippen molar-refractivity contribution in [3.63, 3.8) is 0 Å². The first-order valence-corrected chi connectivity index (χ1v) is 11.8. The number of hydrogen-bond acceptors (Lipinski definition) is 6. The number of aromatic hydroxyl groups is 1. The van der Waals surface area contributed by atoms with Crippen molar-refractivity contribution < 1.29 is 14.6 Å². The first-order valence-electron chi connectivity index (χ1n) is 11.8. The summed E-state index contributed by atoms with van der Waals surface area (Å²) in [7, 11) is 1.60. The van der Waals surface area contributed by atoms with Crippen molar-refractivity contribution in [3.05, 3.63) is 65.9 Å². The molecule has 7 heteroatoms. The Bertz CT molecular complexity index is 1260. The number of phenolic OH excluding ortho intramolecular Hbond substituents is 1. The lowest BCUT2D eigenvalue weighted by atomic mass is 9.80. The summed E-state index contributed by atoms with van der Waals surface area (Å²) in [6.07, 6.45) is 3.94. The highest BCUT2D eigenvalue weighted by Crippen LogP contribution is 2.40. The summed E-state index contributed by atoms with van der Waals surface area (Å²) in [5, 5.41) is 12.6. The van der Waals surface area contributed by atoms with Gasteiger partial charge in [0.25, 0.3) is 0 Å². The van der Waals surface area contributed by atoms with Gasteiger partial charge in [-0.2, -0.15) is 9.97 Å². The maximum atomic E-state index is 12.1. The quantitative estimate of drug-likeness (QED) is 0.599. The number of carbonyl (C=O) groups is 1. The SMILES string of the molecule is C=CC(=O)N1CCN(c2nc(OC)nc3c2CCC(c2cc(O)cc4ccccc24)C3)C(C)C1. The molecule has 2 aromatic carbocycles. The minimum atomic E-state index is -0.0324. The van der Waals surface area contributed by atoms with E-state index in [1.165, 1.54) is 11.5 Å². The van der Waals surface area contributed by atoms with Gasteiger partial charge in [-0.1, -0.05) is 30.8 Å². The Morgan fingerprint density at radius 2 is 2.06 bits per heavy atom. The maximum absolute atomic E-state index is 12.1. The summed E-state index contributed by atoms with van der Waals surface area (Å²) < 4.78 is 5.49. The topological polar surface area (TPSA) is 78.8 Å². The molecule has 5 rings (SSSR count). The van der Waals surface area contributed by atoms with E-state index < -0.39 is 0 Å². The van der Waals surface area contributed by atoms with E-state index in [-0.39, 0.29) is 17.9 Å². The fraction of sp³-hybridized carbons (Fsp3) is 0.370. The monoisotopic (exact) mass is 458 g/mol. The van der Waals surface area contributed by atoms with Gasteiger partial charge < -0.3 is 19.6 Å². The van der Waals surface area contributed by atoms with Crippen LogP contribution in [-0.4, -0.2) is 58.7 Å². The second-order valence-electron chi connectivity index (χ2n) is 9.19. The first kappa shape index (κ1) is 22.2. The molecule has 0 bridgehead atoms. The van der Waals surface area contributed by atoms with Gasteiger partial charge >= 0.3 is 6.01 Å². The Balaban J connectivity index is 1.49. The van der Waals surface area contributed by atoms with Gasteiger partial charge in [-0.05, 0) is 66.6 Å². The fourth-order valence-corrected chi connectivity index (χ4v) is 5.43. The molecule has 2 heterocycles. The summed E-state index contributed by atoms with van der Waals surface area (Å²) in [6.45, 7) is 7.70. The van der Waals surface area contributed by atoms with Gasteiger partial charge in [-0.25, -0.2) is 0 Å². The molecule has 0 spiro atoms. The number of anilines is 1. The number of aromatic nitrogens is 2. The Labute approximate surface area is 199 Å². The Morgan fingerprint density at radius 1 is 1.24 bits per heavy atom. The Kier molecular flexibility index (Phi) is 5.86. The highest BCUT2D eigenvalue weighted by molar-refractivity contribution is 5.88. The fourth-order valence-electron chi connectivity index (χ4n) is 5.43. The number of amides is 1. The van der Waals surface area contributed by atoms with E-state index in [1.54, 1.807) is 7.11 Å². The lowest BCUT2D eigenvalue weighted by molar-refractivity contribution is -0.126. The lowest BCUT2D eigenvalue weighted by Crippen LogP contribution is -2.54. The van der Waals surface area contributed by atoms with Gasteiger partial charge in [0, 0.05) is 31.2 Å². The highest BCUT2D eigenvalue weighted by atomic mass is 16.5. The number of carbonyl (C=O) groups excluding carboxylic acids is 1. The molecule has 0 saturated carbocycles. The predicted molar refractivity (Wildman–Crippen MR) is 133 cm³/mol. The number of hydrogen-bond donors (Lipinski definition) is 1. The van der Waals surface area contributed by atoms with Crippen molar-refractivity contribution in [2.45, 2.75) is 38.1 Å². The number of fused-ring (bicyclic) bond motifs is 2. The molecule has 0 radical (unpaired) electrons. The van der Waals surface area contributed by atoms with Crippen LogP contribution in [0.3, 0.4) is 0 Å². The van der Waals surface area contributed by atoms with Crippen LogP contribution < -0.4 is 9.64 Å². The number of nitrogens with zero attached hydrogens (tertiary/aromatic N) is 4. The second kappa shape index (κ2) is 8.97. The van der Waals surface area contributed by atoms with Gasteiger partial charge in [0.15, 0.2) is 0 Å². The highest BCUT2D eigenvalue weighted by Gasteiger charge is 2.32. The number of methoxy groups -OCH3 is 1. The minimum absolute atomic E-state index is 0.0324. The molecule has 1 saturated heterocycles. The molecular formula is C27H30N4O3. The third-order valence-electron chi connectivity index (χ3n) is 7.12. The number of rotatable bonds is 4. The Morgan fingerprint density at radius 3 is 2.82 bits per heavy atom. The molecule has 34 heavy (non-hydrogen) atoms. The van der Waals surface area contributed by atoms with E-state index in [0.29, 0.717) is 31.4 Å². The zero-order chi connectivity index (χ0) is 23.8. The molecule has 1 fully saturated rings. The summed E-state index contributed by atoms with van der Waals surface area (Å²) in [4.78, 5) is 25.7. The molecule has 176 valence electrons. The number of piperazine rings is 1. The van der Waals surface area contributed by atoms with Crippen LogP contribution in [0.2, 0.25) is 0 Å². The van der Waals surface area contributed by atoms with Gasteiger partial charge in [-0.3, -0.25) is 4.79 Å². The van der Waals surface area contributed by atoms with E-state index >= 15 is 0 Å². The van der Waals surface area contributed by atoms with Crippen molar-refractivity contribution >= 4 is 22.5 Å². The van der Waals surface area contributed by atoms with Crippen LogP contribution in [-0.2, 0) is 17.6 Å². The van der Waals surface area contributed by atoms with Gasteiger partial charge in [0.2, 0.25) is 5.91 Å². The largest absolute Gasteiger partial charge is 0.508 e. The summed E-state index contributed by atoms with van der Waals surface area (Å²) in [5.74, 6) is 1.42. The smallest absolute Gasteiger partial charge is 0.318 e.